The topological polar surface area (TPSA) is 84.5 Å². The third-order valence-corrected chi connectivity index (χ3v) is 5.42. The Labute approximate surface area is 179 Å². The largest absolute Gasteiger partial charge is 0.497 e. The van der Waals surface area contributed by atoms with Gasteiger partial charge in [0.1, 0.15) is 17.3 Å². The number of nitrogens with one attached hydrogen (secondary N) is 1. The van der Waals surface area contributed by atoms with Crippen molar-refractivity contribution in [1.29, 1.82) is 5.26 Å². The summed E-state index contributed by atoms with van der Waals surface area (Å²) in [5, 5.41) is 11.6. The van der Waals surface area contributed by atoms with Gasteiger partial charge in [0.05, 0.1) is 26.0 Å². The smallest absolute Gasteiger partial charge is 0.291 e. The summed E-state index contributed by atoms with van der Waals surface area (Å²) in [6, 6.07) is 18.6. The van der Waals surface area contributed by atoms with E-state index in [2.05, 4.69) is 11.4 Å². The van der Waals surface area contributed by atoms with Crippen molar-refractivity contribution in [2.75, 3.05) is 25.3 Å². The predicted molar refractivity (Wildman–Crippen MR) is 116 cm³/mol. The van der Waals surface area contributed by atoms with Crippen molar-refractivity contribution in [3.05, 3.63) is 71.7 Å². The Hall–Kier alpha value is -3.37. The highest BCUT2D eigenvalue weighted by atomic mass is 32.2. The Morgan fingerprint density at radius 2 is 1.97 bits per heavy atom. The molecule has 0 saturated carbocycles. The Bertz CT molecular complexity index is 1060. The van der Waals surface area contributed by atoms with Crippen LogP contribution in [-0.2, 0) is 6.42 Å². The van der Waals surface area contributed by atoms with Gasteiger partial charge in [-0.1, -0.05) is 12.1 Å². The summed E-state index contributed by atoms with van der Waals surface area (Å²) in [5.41, 5.74) is 1.59. The van der Waals surface area contributed by atoms with Gasteiger partial charge in [-0.15, -0.1) is 11.8 Å². The molecule has 6 nitrogen and oxygen atoms in total. The number of ether oxygens (including phenoxy) is 2. The summed E-state index contributed by atoms with van der Waals surface area (Å²) in [5.74, 6) is 2.65. The molecule has 1 heterocycles. The van der Waals surface area contributed by atoms with Gasteiger partial charge in [-0.05, 0) is 42.5 Å². The summed E-state index contributed by atoms with van der Waals surface area (Å²) in [6.45, 7) is 0. The summed E-state index contributed by atoms with van der Waals surface area (Å²) in [6.07, 6.45) is 0.913. The second-order valence-electron chi connectivity index (χ2n) is 6.33. The van der Waals surface area contributed by atoms with E-state index >= 15 is 0 Å². The van der Waals surface area contributed by atoms with Crippen LogP contribution in [0.3, 0.4) is 0 Å². The van der Waals surface area contributed by atoms with Gasteiger partial charge in [-0.2, -0.15) is 5.26 Å². The first-order valence-electron chi connectivity index (χ1n) is 9.34. The first-order valence-corrected chi connectivity index (χ1v) is 10.3. The highest BCUT2D eigenvalue weighted by Crippen LogP contribution is 2.29. The molecule has 1 aromatic heterocycles. The Kier molecular flexibility index (Phi) is 7.41. The first-order chi connectivity index (χ1) is 14.6. The van der Waals surface area contributed by atoms with Gasteiger partial charge < -0.3 is 19.2 Å². The summed E-state index contributed by atoms with van der Waals surface area (Å²) >= 11 is 1.53. The zero-order valence-electron chi connectivity index (χ0n) is 16.8. The number of para-hydroxylation sites is 1. The molecule has 154 valence electrons. The van der Waals surface area contributed by atoms with Gasteiger partial charge >= 0.3 is 0 Å². The van der Waals surface area contributed by atoms with E-state index in [1.165, 1.54) is 11.8 Å². The van der Waals surface area contributed by atoms with Gasteiger partial charge in [-0.25, -0.2) is 0 Å². The number of rotatable bonds is 9. The van der Waals surface area contributed by atoms with Crippen LogP contribution < -0.4 is 14.8 Å². The predicted octanol–water partition coefficient (Wildman–Crippen LogP) is 5.15. The number of carbonyl (C=O) groups is 1. The van der Waals surface area contributed by atoms with Gasteiger partial charge in [0, 0.05) is 29.1 Å². The van der Waals surface area contributed by atoms with Crippen LogP contribution in [0.2, 0.25) is 0 Å². The van der Waals surface area contributed by atoms with E-state index in [1.807, 2.05) is 42.5 Å². The number of carbonyl (C=O) groups excluding carboxylic acids is 1. The molecular formula is C23H22N2O4S. The lowest BCUT2D eigenvalue weighted by Gasteiger charge is -2.10. The van der Waals surface area contributed by atoms with Crippen LogP contribution in [0.4, 0.5) is 5.69 Å². The van der Waals surface area contributed by atoms with E-state index in [0.717, 1.165) is 22.0 Å². The van der Waals surface area contributed by atoms with Gasteiger partial charge in [0.15, 0.2) is 5.76 Å². The minimum absolute atomic E-state index is 0.226. The SMILES string of the molecule is COc1ccc(OC)c(Cc2ccc(C(=O)Nc3ccccc3SCCC#N)o2)c1. The molecule has 1 amide bonds. The van der Waals surface area contributed by atoms with Crippen LogP contribution in [0.15, 0.2) is 63.9 Å². The molecule has 0 saturated heterocycles. The lowest BCUT2D eigenvalue weighted by molar-refractivity contribution is 0.0995. The Morgan fingerprint density at radius 3 is 2.73 bits per heavy atom. The van der Waals surface area contributed by atoms with Crippen LogP contribution in [0, 0.1) is 11.3 Å². The van der Waals surface area contributed by atoms with Crippen molar-refractivity contribution in [3.63, 3.8) is 0 Å². The van der Waals surface area contributed by atoms with Crippen molar-refractivity contribution in [1.82, 2.24) is 0 Å². The molecule has 0 spiro atoms. The lowest BCUT2D eigenvalue weighted by Crippen LogP contribution is -2.11. The maximum absolute atomic E-state index is 12.7. The van der Waals surface area contributed by atoms with Gasteiger partial charge in [-0.3, -0.25) is 4.79 Å². The van der Waals surface area contributed by atoms with Crippen LogP contribution in [0.1, 0.15) is 28.3 Å². The molecule has 7 heteroatoms. The van der Waals surface area contributed by atoms with Crippen molar-refractivity contribution in [2.24, 2.45) is 0 Å². The molecule has 0 unspecified atom stereocenters. The van der Waals surface area contributed by atoms with Crippen LogP contribution >= 0.6 is 11.8 Å². The molecule has 0 aliphatic carbocycles. The molecule has 0 atom stereocenters. The quantitative estimate of drug-likeness (QED) is 0.379. The Morgan fingerprint density at radius 1 is 1.13 bits per heavy atom. The molecule has 1 N–H and O–H groups in total. The van der Waals surface area contributed by atoms with E-state index in [-0.39, 0.29) is 11.7 Å². The molecule has 30 heavy (non-hydrogen) atoms. The zero-order valence-corrected chi connectivity index (χ0v) is 17.6. The van der Waals surface area contributed by atoms with Crippen LogP contribution in [0.5, 0.6) is 11.5 Å². The highest BCUT2D eigenvalue weighted by molar-refractivity contribution is 7.99. The average Bonchev–Trinajstić information content (AvgIpc) is 3.23. The number of thioether (sulfide) groups is 1. The van der Waals surface area contributed by atoms with Crippen LogP contribution in [0.25, 0.3) is 0 Å². The van der Waals surface area contributed by atoms with E-state index in [9.17, 15) is 4.79 Å². The maximum atomic E-state index is 12.7. The minimum atomic E-state index is -0.327. The van der Waals surface area contributed by atoms with Crippen molar-refractivity contribution in [2.45, 2.75) is 17.7 Å². The fraction of sp³-hybridized carbons (Fsp3) is 0.217. The van der Waals surface area contributed by atoms with Gasteiger partial charge in [0.25, 0.3) is 5.91 Å². The van der Waals surface area contributed by atoms with E-state index < -0.39 is 0 Å². The number of benzene rings is 2. The fourth-order valence-corrected chi connectivity index (χ4v) is 3.75. The summed E-state index contributed by atoms with van der Waals surface area (Å²) in [4.78, 5) is 13.6. The third kappa shape index (κ3) is 5.37. The standard InChI is InChI=1S/C23H22N2O4S/c1-27-17-8-10-20(28-2)16(14-17)15-18-9-11-21(29-18)23(26)25-19-6-3-4-7-22(19)30-13-5-12-24/h3-4,6-11,14H,5,13,15H2,1-2H3,(H,25,26). The molecule has 0 radical (unpaired) electrons. The highest BCUT2D eigenvalue weighted by Gasteiger charge is 2.15. The summed E-state index contributed by atoms with van der Waals surface area (Å²) in [7, 11) is 3.22. The average molecular weight is 423 g/mol. The second-order valence-corrected chi connectivity index (χ2v) is 7.46. The third-order valence-electron chi connectivity index (χ3n) is 4.34. The van der Waals surface area contributed by atoms with Crippen LogP contribution in [-0.4, -0.2) is 25.9 Å². The molecule has 0 fully saturated rings. The number of nitriles is 1. The molecule has 0 bridgehead atoms. The normalized spacial score (nSPS) is 10.3. The van der Waals surface area contributed by atoms with Crippen molar-refractivity contribution < 1.29 is 18.7 Å². The van der Waals surface area contributed by atoms with Crippen molar-refractivity contribution >= 4 is 23.4 Å². The number of nitrogens with zero attached hydrogens (tertiary/aromatic N) is 1. The molecule has 3 aromatic rings. The number of hydrogen-bond acceptors (Lipinski definition) is 6. The molecular weight excluding hydrogens is 400 g/mol. The fourth-order valence-electron chi connectivity index (χ4n) is 2.89. The molecule has 0 aliphatic rings. The second kappa shape index (κ2) is 10.4. The molecule has 2 aromatic carbocycles. The number of furan rings is 1. The molecule has 3 rings (SSSR count). The van der Waals surface area contributed by atoms with E-state index in [0.29, 0.717) is 30.0 Å². The maximum Gasteiger partial charge on any atom is 0.291 e. The first kappa shape index (κ1) is 21.3. The summed E-state index contributed by atoms with van der Waals surface area (Å²) < 4.78 is 16.5. The minimum Gasteiger partial charge on any atom is -0.497 e. The Balaban J connectivity index is 1.71. The number of hydrogen-bond donors (Lipinski definition) is 1. The monoisotopic (exact) mass is 422 g/mol. The van der Waals surface area contributed by atoms with E-state index in [1.54, 1.807) is 26.4 Å². The number of anilines is 1. The van der Waals surface area contributed by atoms with E-state index in [4.69, 9.17) is 19.2 Å². The van der Waals surface area contributed by atoms with Gasteiger partial charge in [0.2, 0.25) is 0 Å². The zero-order chi connectivity index (χ0) is 21.3. The lowest BCUT2D eigenvalue weighted by atomic mass is 10.1. The van der Waals surface area contributed by atoms with Crippen molar-refractivity contribution in [3.8, 4) is 17.6 Å². The molecule has 0 aliphatic heterocycles. The number of amides is 1. The number of methoxy groups -OCH3 is 2.